The van der Waals surface area contributed by atoms with Gasteiger partial charge in [0.25, 0.3) is 11.6 Å². The quantitative estimate of drug-likeness (QED) is 0.423. The molecule has 3 rings (SSSR count). The van der Waals surface area contributed by atoms with Crippen molar-refractivity contribution in [3.05, 3.63) is 40.1 Å². The molecular formula is C14H15N3O7. The Hall–Kier alpha value is -2.53. The number of rotatable bonds is 3. The molecule has 10 heteroatoms. The Balaban J connectivity index is 2.17. The second-order valence-corrected chi connectivity index (χ2v) is 5.55. The number of fused-ring (bicyclic) bond motifs is 1. The smallest absolute Gasteiger partial charge is 0.271 e. The van der Waals surface area contributed by atoms with Crippen LogP contribution < -0.4 is 5.73 Å². The predicted octanol–water partition coefficient (Wildman–Crippen LogP) is -0.740. The van der Waals surface area contributed by atoms with Gasteiger partial charge in [-0.2, -0.15) is 0 Å². The molecule has 4 atom stereocenters. The van der Waals surface area contributed by atoms with Gasteiger partial charge in [0.05, 0.1) is 22.6 Å². The number of primary amides is 1. The van der Waals surface area contributed by atoms with Crippen molar-refractivity contribution in [1.82, 2.24) is 4.57 Å². The SMILES string of the molecule is NC(=O)c1cn(C2OC[C@H](O)[C@H](O)[C@H]2O)c2cc([N+](=O)[O-])ccc12. The molecule has 0 bridgehead atoms. The monoisotopic (exact) mass is 337 g/mol. The Labute approximate surface area is 134 Å². The van der Waals surface area contributed by atoms with Crippen LogP contribution in [0.2, 0.25) is 0 Å². The highest BCUT2D eigenvalue weighted by molar-refractivity contribution is 6.06. The van der Waals surface area contributed by atoms with E-state index >= 15 is 0 Å². The van der Waals surface area contributed by atoms with E-state index in [9.17, 15) is 30.2 Å². The molecule has 1 aliphatic rings. The van der Waals surface area contributed by atoms with Gasteiger partial charge in [0.2, 0.25) is 0 Å². The molecule has 0 aliphatic carbocycles. The van der Waals surface area contributed by atoms with Gasteiger partial charge < -0.3 is 30.4 Å². The summed E-state index contributed by atoms with van der Waals surface area (Å²) in [7, 11) is 0. The summed E-state index contributed by atoms with van der Waals surface area (Å²) in [6.45, 7) is -0.247. The summed E-state index contributed by atoms with van der Waals surface area (Å²) >= 11 is 0. The zero-order valence-corrected chi connectivity index (χ0v) is 12.3. The predicted molar refractivity (Wildman–Crippen MR) is 80.1 cm³/mol. The normalized spacial score (nSPS) is 27.3. The highest BCUT2D eigenvalue weighted by atomic mass is 16.6. The molecule has 1 aliphatic heterocycles. The summed E-state index contributed by atoms with van der Waals surface area (Å²) in [6.07, 6.45) is -4.06. The zero-order chi connectivity index (χ0) is 17.6. The van der Waals surface area contributed by atoms with Gasteiger partial charge in [-0.25, -0.2) is 0 Å². The lowest BCUT2D eigenvalue weighted by molar-refractivity contribution is -0.384. The fraction of sp³-hybridized carbons (Fsp3) is 0.357. The number of nitrogens with zero attached hydrogens (tertiary/aromatic N) is 2. The number of carbonyl (C=O) groups is 1. The van der Waals surface area contributed by atoms with Crippen LogP contribution in [0.25, 0.3) is 10.9 Å². The average molecular weight is 337 g/mol. The van der Waals surface area contributed by atoms with Crippen molar-refractivity contribution < 1.29 is 29.8 Å². The number of nitrogens with two attached hydrogens (primary N) is 1. The molecule has 0 radical (unpaired) electrons. The van der Waals surface area contributed by atoms with Crippen LogP contribution in [-0.2, 0) is 4.74 Å². The second kappa shape index (κ2) is 5.83. The maximum atomic E-state index is 11.6. The number of ether oxygens (including phenoxy) is 1. The van der Waals surface area contributed by atoms with Crippen LogP contribution >= 0.6 is 0 Å². The summed E-state index contributed by atoms with van der Waals surface area (Å²) in [5.74, 6) is -0.751. The van der Waals surface area contributed by atoms with Crippen molar-refractivity contribution in [3.63, 3.8) is 0 Å². The zero-order valence-electron chi connectivity index (χ0n) is 12.3. The molecular weight excluding hydrogens is 322 g/mol. The Bertz CT molecular complexity index is 818. The van der Waals surface area contributed by atoms with Crippen LogP contribution in [0.3, 0.4) is 0 Å². The number of benzene rings is 1. The molecule has 1 fully saturated rings. The van der Waals surface area contributed by atoms with Gasteiger partial charge in [0.15, 0.2) is 6.23 Å². The largest absolute Gasteiger partial charge is 0.388 e. The molecule has 1 aromatic heterocycles. The van der Waals surface area contributed by atoms with Crippen LogP contribution in [0, 0.1) is 10.1 Å². The van der Waals surface area contributed by atoms with Gasteiger partial charge in [0.1, 0.15) is 18.3 Å². The summed E-state index contributed by atoms with van der Waals surface area (Å²) < 4.78 is 6.64. The van der Waals surface area contributed by atoms with Crippen molar-refractivity contribution in [2.75, 3.05) is 6.61 Å². The Morgan fingerprint density at radius 1 is 1.33 bits per heavy atom. The third kappa shape index (κ3) is 2.51. The van der Waals surface area contributed by atoms with E-state index in [2.05, 4.69) is 0 Å². The van der Waals surface area contributed by atoms with E-state index in [1.54, 1.807) is 0 Å². The minimum atomic E-state index is -1.50. The summed E-state index contributed by atoms with van der Waals surface area (Å²) in [4.78, 5) is 22.0. The maximum absolute atomic E-state index is 11.6. The molecule has 2 aromatic rings. The number of non-ortho nitro benzene ring substituents is 1. The molecule has 1 unspecified atom stereocenters. The number of carbonyl (C=O) groups excluding carboxylic acids is 1. The molecule has 5 N–H and O–H groups in total. The average Bonchev–Trinajstić information content (AvgIpc) is 2.91. The minimum Gasteiger partial charge on any atom is -0.388 e. The third-order valence-corrected chi connectivity index (χ3v) is 4.04. The van der Waals surface area contributed by atoms with Gasteiger partial charge in [-0.3, -0.25) is 14.9 Å². The molecule has 1 aromatic carbocycles. The Morgan fingerprint density at radius 3 is 2.67 bits per heavy atom. The summed E-state index contributed by atoms with van der Waals surface area (Å²) in [5, 5.41) is 40.8. The lowest BCUT2D eigenvalue weighted by Gasteiger charge is -2.36. The minimum absolute atomic E-state index is 0.0938. The third-order valence-electron chi connectivity index (χ3n) is 4.04. The van der Waals surface area contributed by atoms with E-state index in [0.717, 1.165) is 0 Å². The maximum Gasteiger partial charge on any atom is 0.271 e. The van der Waals surface area contributed by atoms with Crippen molar-refractivity contribution in [3.8, 4) is 0 Å². The van der Waals surface area contributed by atoms with Gasteiger partial charge in [-0.15, -0.1) is 0 Å². The number of amides is 1. The van der Waals surface area contributed by atoms with E-state index < -0.39 is 35.4 Å². The van der Waals surface area contributed by atoms with Gasteiger partial charge in [0, 0.05) is 23.7 Å². The lowest BCUT2D eigenvalue weighted by atomic mass is 10.0. The molecule has 1 amide bonds. The van der Waals surface area contributed by atoms with Crippen LogP contribution in [0.1, 0.15) is 16.6 Å². The number of aliphatic hydroxyl groups excluding tert-OH is 3. The molecule has 128 valence electrons. The van der Waals surface area contributed by atoms with Crippen LogP contribution in [0.4, 0.5) is 5.69 Å². The van der Waals surface area contributed by atoms with Gasteiger partial charge >= 0.3 is 0 Å². The number of hydrogen-bond acceptors (Lipinski definition) is 7. The first-order chi connectivity index (χ1) is 11.3. The number of hydrogen-bond donors (Lipinski definition) is 4. The first-order valence-corrected chi connectivity index (χ1v) is 7.06. The lowest BCUT2D eigenvalue weighted by Crippen LogP contribution is -2.50. The van der Waals surface area contributed by atoms with Crippen molar-refractivity contribution in [2.24, 2.45) is 5.73 Å². The molecule has 10 nitrogen and oxygen atoms in total. The highest BCUT2D eigenvalue weighted by Crippen LogP contribution is 2.32. The molecule has 24 heavy (non-hydrogen) atoms. The topological polar surface area (TPSA) is 161 Å². The van der Waals surface area contributed by atoms with Crippen molar-refractivity contribution in [2.45, 2.75) is 24.5 Å². The second-order valence-electron chi connectivity index (χ2n) is 5.55. The van der Waals surface area contributed by atoms with E-state index in [1.165, 1.54) is 29.0 Å². The van der Waals surface area contributed by atoms with E-state index in [4.69, 9.17) is 10.5 Å². The Kier molecular flexibility index (Phi) is 3.97. The van der Waals surface area contributed by atoms with Crippen LogP contribution in [0.15, 0.2) is 24.4 Å². The molecule has 1 saturated heterocycles. The van der Waals surface area contributed by atoms with Crippen molar-refractivity contribution in [1.29, 1.82) is 0 Å². The molecule has 0 spiro atoms. The highest BCUT2D eigenvalue weighted by Gasteiger charge is 2.39. The Morgan fingerprint density at radius 2 is 2.04 bits per heavy atom. The van der Waals surface area contributed by atoms with Gasteiger partial charge in [-0.1, -0.05) is 0 Å². The number of aliphatic hydroxyl groups is 3. The first kappa shape index (κ1) is 16.3. The first-order valence-electron chi connectivity index (χ1n) is 7.06. The van der Waals surface area contributed by atoms with E-state index in [-0.39, 0.29) is 23.4 Å². The van der Waals surface area contributed by atoms with E-state index in [1.807, 2.05) is 0 Å². The standard InChI is InChI=1S/C14H15N3O7/c15-13(21)8-4-16(14-12(20)11(19)10(18)5-24-14)9-3-6(17(22)23)1-2-7(8)9/h1-4,10-12,14,18-20H,5H2,(H2,15,21)/t10-,11-,12+,14?/m0/s1. The summed E-state index contributed by atoms with van der Waals surface area (Å²) in [5.41, 5.74) is 5.44. The van der Waals surface area contributed by atoms with Crippen molar-refractivity contribution >= 4 is 22.5 Å². The summed E-state index contributed by atoms with van der Waals surface area (Å²) in [6, 6.07) is 3.83. The number of aromatic nitrogens is 1. The van der Waals surface area contributed by atoms with E-state index in [0.29, 0.717) is 5.39 Å². The molecule has 0 saturated carbocycles. The fourth-order valence-corrected chi connectivity index (χ4v) is 2.80. The molecule has 2 heterocycles. The van der Waals surface area contributed by atoms with Crippen LogP contribution in [-0.4, -0.2) is 55.6 Å². The fourth-order valence-electron chi connectivity index (χ4n) is 2.80. The number of nitro benzene ring substituents is 1. The number of nitro groups is 1. The van der Waals surface area contributed by atoms with Gasteiger partial charge in [-0.05, 0) is 6.07 Å². The van der Waals surface area contributed by atoms with Crippen LogP contribution in [0.5, 0.6) is 0 Å².